The first-order chi connectivity index (χ1) is 9.20. The molecule has 1 saturated carbocycles. The van der Waals surface area contributed by atoms with E-state index in [1.54, 1.807) is 12.1 Å². The SMILES string of the molecule is CC1CC(NC2CC(c3ccc(F)cc3)C2)CCO1. The number of halogens is 1. The fourth-order valence-electron chi connectivity index (χ4n) is 3.24. The minimum Gasteiger partial charge on any atom is -0.378 e. The van der Waals surface area contributed by atoms with E-state index in [9.17, 15) is 4.39 Å². The summed E-state index contributed by atoms with van der Waals surface area (Å²) in [6.45, 7) is 3.03. The largest absolute Gasteiger partial charge is 0.378 e. The van der Waals surface area contributed by atoms with Crippen LogP contribution >= 0.6 is 0 Å². The van der Waals surface area contributed by atoms with Gasteiger partial charge in [-0.1, -0.05) is 12.1 Å². The predicted octanol–water partition coefficient (Wildman–Crippen LogP) is 3.23. The molecule has 1 N–H and O–H groups in total. The molecule has 1 heterocycles. The van der Waals surface area contributed by atoms with Gasteiger partial charge in [0.25, 0.3) is 0 Å². The molecular formula is C16H22FNO. The van der Waals surface area contributed by atoms with Crippen LogP contribution in [0.3, 0.4) is 0 Å². The summed E-state index contributed by atoms with van der Waals surface area (Å²) in [6.07, 6.45) is 4.99. The lowest BCUT2D eigenvalue weighted by molar-refractivity contribution is 0.00851. The highest BCUT2D eigenvalue weighted by atomic mass is 19.1. The van der Waals surface area contributed by atoms with Gasteiger partial charge in [-0.2, -0.15) is 0 Å². The Kier molecular flexibility index (Phi) is 3.85. The smallest absolute Gasteiger partial charge is 0.123 e. The van der Waals surface area contributed by atoms with Gasteiger partial charge in [0.2, 0.25) is 0 Å². The zero-order chi connectivity index (χ0) is 13.2. The molecule has 0 bridgehead atoms. The molecule has 2 aliphatic rings. The van der Waals surface area contributed by atoms with Gasteiger partial charge in [0.1, 0.15) is 5.82 Å². The number of benzene rings is 1. The third-order valence-corrected chi connectivity index (χ3v) is 4.44. The minimum absolute atomic E-state index is 0.144. The summed E-state index contributed by atoms with van der Waals surface area (Å²) in [5.74, 6) is 0.462. The highest BCUT2D eigenvalue weighted by molar-refractivity contribution is 5.23. The van der Waals surface area contributed by atoms with Gasteiger partial charge >= 0.3 is 0 Å². The molecule has 3 rings (SSSR count). The molecule has 1 aliphatic carbocycles. The first-order valence-corrected chi connectivity index (χ1v) is 7.34. The Balaban J connectivity index is 1.46. The first-order valence-electron chi connectivity index (χ1n) is 7.34. The molecule has 3 heteroatoms. The average Bonchev–Trinajstić information content (AvgIpc) is 2.35. The van der Waals surface area contributed by atoms with Crippen LogP contribution < -0.4 is 5.32 Å². The van der Waals surface area contributed by atoms with Crippen molar-refractivity contribution in [1.82, 2.24) is 5.32 Å². The second-order valence-corrected chi connectivity index (χ2v) is 5.99. The number of hydrogen-bond acceptors (Lipinski definition) is 2. The van der Waals surface area contributed by atoms with E-state index in [-0.39, 0.29) is 5.82 Å². The van der Waals surface area contributed by atoms with E-state index in [2.05, 4.69) is 12.2 Å². The summed E-state index contributed by atoms with van der Waals surface area (Å²) < 4.78 is 18.4. The molecule has 2 atom stereocenters. The lowest BCUT2D eigenvalue weighted by Crippen LogP contribution is -2.48. The molecular weight excluding hydrogens is 241 g/mol. The molecule has 0 radical (unpaired) electrons. The van der Waals surface area contributed by atoms with Crippen molar-refractivity contribution < 1.29 is 9.13 Å². The highest BCUT2D eigenvalue weighted by Gasteiger charge is 2.32. The lowest BCUT2D eigenvalue weighted by Gasteiger charge is -2.40. The zero-order valence-electron chi connectivity index (χ0n) is 11.4. The van der Waals surface area contributed by atoms with Crippen molar-refractivity contribution in [3.63, 3.8) is 0 Å². The van der Waals surface area contributed by atoms with E-state index >= 15 is 0 Å². The van der Waals surface area contributed by atoms with Gasteiger partial charge in [0.05, 0.1) is 6.10 Å². The number of hydrogen-bond donors (Lipinski definition) is 1. The van der Waals surface area contributed by atoms with Crippen molar-refractivity contribution in [3.05, 3.63) is 35.6 Å². The van der Waals surface area contributed by atoms with Crippen LogP contribution in [0.25, 0.3) is 0 Å². The van der Waals surface area contributed by atoms with Crippen molar-refractivity contribution in [2.45, 2.75) is 56.7 Å². The molecule has 2 unspecified atom stereocenters. The van der Waals surface area contributed by atoms with E-state index in [1.165, 1.54) is 18.4 Å². The Morgan fingerprint density at radius 1 is 1.11 bits per heavy atom. The van der Waals surface area contributed by atoms with Gasteiger partial charge in [-0.05, 0) is 56.2 Å². The molecule has 2 nitrogen and oxygen atoms in total. The summed E-state index contributed by atoms with van der Waals surface area (Å²) in [7, 11) is 0. The van der Waals surface area contributed by atoms with Crippen LogP contribution in [0.15, 0.2) is 24.3 Å². The summed E-state index contributed by atoms with van der Waals surface area (Å²) >= 11 is 0. The summed E-state index contributed by atoms with van der Waals surface area (Å²) in [4.78, 5) is 0. The van der Waals surface area contributed by atoms with Crippen LogP contribution in [0.5, 0.6) is 0 Å². The van der Waals surface area contributed by atoms with Gasteiger partial charge in [-0.3, -0.25) is 0 Å². The predicted molar refractivity (Wildman–Crippen MR) is 73.7 cm³/mol. The second kappa shape index (κ2) is 5.59. The molecule has 0 aromatic heterocycles. The first kappa shape index (κ1) is 13.1. The molecule has 1 saturated heterocycles. The van der Waals surface area contributed by atoms with Crippen molar-refractivity contribution >= 4 is 0 Å². The quantitative estimate of drug-likeness (QED) is 0.904. The fourth-order valence-corrected chi connectivity index (χ4v) is 3.24. The lowest BCUT2D eigenvalue weighted by atomic mass is 9.75. The number of nitrogens with one attached hydrogen (secondary N) is 1. The molecule has 0 amide bonds. The van der Waals surface area contributed by atoms with Gasteiger partial charge in [-0.25, -0.2) is 4.39 Å². The average molecular weight is 263 g/mol. The Hall–Kier alpha value is -0.930. The highest BCUT2D eigenvalue weighted by Crippen LogP contribution is 2.37. The van der Waals surface area contributed by atoms with Crippen LogP contribution in [0.2, 0.25) is 0 Å². The van der Waals surface area contributed by atoms with Crippen LogP contribution in [-0.2, 0) is 4.74 Å². The van der Waals surface area contributed by atoms with Crippen molar-refractivity contribution in [2.24, 2.45) is 0 Å². The van der Waals surface area contributed by atoms with E-state index in [0.29, 0.717) is 24.1 Å². The van der Waals surface area contributed by atoms with Gasteiger partial charge in [0, 0.05) is 18.7 Å². The van der Waals surface area contributed by atoms with Crippen molar-refractivity contribution in [3.8, 4) is 0 Å². The standard InChI is InChI=1S/C16H22FNO/c1-11-8-15(6-7-19-11)18-16-9-13(10-16)12-2-4-14(17)5-3-12/h2-5,11,13,15-16,18H,6-10H2,1H3. The monoisotopic (exact) mass is 263 g/mol. The van der Waals surface area contributed by atoms with E-state index < -0.39 is 0 Å². The van der Waals surface area contributed by atoms with E-state index in [1.807, 2.05) is 12.1 Å². The Morgan fingerprint density at radius 2 is 1.84 bits per heavy atom. The van der Waals surface area contributed by atoms with Crippen LogP contribution in [0, 0.1) is 5.82 Å². The van der Waals surface area contributed by atoms with Gasteiger partial charge < -0.3 is 10.1 Å². The summed E-state index contributed by atoms with van der Waals surface area (Å²) in [5, 5.41) is 3.74. The third kappa shape index (κ3) is 3.15. The topological polar surface area (TPSA) is 21.3 Å². The molecule has 2 fully saturated rings. The van der Waals surface area contributed by atoms with Crippen LogP contribution in [0.1, 0.15) is 44.1 Å². The van der Waals surface area contributed by atoms with Gasteiger partial charge in [0.15, 0.2) is 0 Å². The summed E-state index contributed by atoms with van der Waals surface area (Å²) in [6, 6.07) is 8.22. The minimum atomic E-state index is -0.144. The molecule has 1 aromatic carbocycles. The number of rotatable bonds is 3. The Bertz CT molecular complexity index is 413. The third-order valence-electron chi connectivity index (χ3n) is 4.44. The molecule has 0 spiro atoms. The maximum Gasteiger partial charge on any atom is 0.123 e. The normalized spacial score (nSPS) is 34.8. The summed E-state index contributed by atoms with van der Waals surface area (Å²) in [5.41, 5.74) is 1.28. The maximum absolute atomic E-state index is 12.9. The Labute approximate surface area is 114 Å². The molecule has 1 aromatic rings. The zero-order valence-corrected chi connectivity index (χ0v) is 11.4. The van der Waals surface area contributed by atoms with Crippen molar-refractivity contribution in [1.29, 1.82) is 0 Å². The number of ether oxygens (including phenoxy) is 1. The van der Waals surface area contributed by atoms with E-state index in [0.717, 1.165) is 19.4 Å². The van der Waals surface area contributed by atoms with Crippen LogP contribution in [-0.4, -0.2) is 24.8 Å². The van der Waals surface area contributed by atoms with Crippen molar-refractivity contribution in [2.75, 3.05) is 6.61 Å². The van der Waals surface area contributed by atoms with E-state index in [4.69, 9.17) is 4.74 Å². The van der Waals surface area contributed by atoms with Crippen LogP contribution in [0.4, 0.5) is 4.39 Å². The maximum atomic E-state index is 12.9. The molecule has 1 aliphatic heterocycles. The van der Waals surface area contributed by atoms with Gasteiger partial charge in [-0.15, -0.1) is 0 Å². The molecule has 104 valence electrons. The fraction of sp³-hybridized carbons (Fsp3) is 0.625. The Morgan fingerprint density at radius 3 is 2.53 bits per heavy atom. The molecule has 19 heavy (non-hydrogen) atoms. The second-order valence-electron chi connectivity index (χ2n) is 5.99.